The number of aromatic amines is 1. The minimum absolute atomic E-state index is 0.177. The number of hydrogen-bond donors (Lipinski definition) is 3. The molecule has 2 aliphatic heterocycles. The molecule has 2 unspecified atom stereocenters. The number of amides is 1. The van der Waals surface area contributed by atoms with Crippen molar-refractivity contribution in [3.05, 3.63) is 53.3 Å². The van der Waals surface area contributed by atoms with Gasteiger partial charge in [-0.3, -0.25) is 15.1 Å². The van der Waals surface area contributed by atoms with E-state index in [1.54, 1.807) is 16.8 Å². The molecule has 0 saturated carbocycles. The number of carbonyl (C=O) groups is 1. The minimum atomic E-state index is -0.654. The molecule has 4 aromatic heterocycles. The van der Waals surface area contributed by atoms with Crippen LogP contribution in [0.1, 0.15) is 21.7 Å². The van der Waals surface area contributed by atoms with E-state index in [0.29, 0.717) is 24.2 Å². The maximum atomic E-state index is 11.6. The topological polar surface area (TPSA) is 145 Å². The Morgan fingerprint density at radius 3 is 2.95 bits per heavy atom. The fourth-order valence-corrected chi connectivity index (χ4v) is 6.55. The molecule has 6 heterocycles. The van der Waals surface area contributed by atoms with Crippen molar-refractivity contribution >= 4 is 50.1 Å². The van der Waals surface area contributed by atoms with E-state index in [-0.39, 0.29) is 11.7 Å². The van der Waals surface area contributed by atoms with E-state index in [4.69, 9.17) is 19.9 Å². The van der Waals surface area contributed by atoms with E-state index in [2.05, 4.69) is 31.1 Å². The number of anilines is 2. The summed E-state index contributed by atoms with van der Waals surface area (Å²) in [6.07, 6.45) is 5.91. The maximum absolute atomic E-state index is 11.6. The zero-order valence-electron chi connectivity index (χ0n) is 21.0. The third-order valence-electron chi connectivity index (χ3n) is 7.23. The highest BCUT2D eigenvalue weighted by atomic mass is 32.1. The number of hydroxylamine groups is 1. The average molecular weight is 544 g/mol. The van der Waals surface area contributed by atoms with Crippen LogP contribution >= 0.6 is 11.3 Å². The maximum Gasteiger partial charge on any atom is 0.277 e. The van der Waals surface area contributed by atoms with E-state index in [9.17, 15) is 4.79 Å². The van der Waals surface area contributed by atoms with Crippen molar-refractivity contribution in [3.8, 4) is 11.4 Å². The van der Waals surface area contributed by atoms with Gasteiger partial charge in [-0.1, -0.05) is 12.1 Å². The Hall–Kier alpha value is -4.20. The number of aromatic nitrogens is 6. The molecule has 2 bridgehead atoms. The summed E-state index contributed by atoms with van der Waals surface area (Å²) in [7, 11) is 1.89. The highest BCUT2D eigenvalue weighted by Gasteiger charge is 2.35. The fraction of sp³-hybridized carbons (Fsp3) is 0.308. The molecule has 0 spiro atoms. The van der Waals surface area contributed by atoms with Gasteiger partial charge in [-0.15, -0.1) is 11.3 Å². The van der Waals surface area contributed by atoms with Crippen molar-refractivity contribution < 1.29 is 14.7 Å². The molecular weight excluding hydrogens is 518 g/mol. The molecule has 2 saturated heterocycles. The number of nitrogens with one attached hydrogen (secondary N) is 2. The Labute approximate surface area is 226 Å². The monoisotopic (exact) mass is 543 g/mol. The van der Waals surface area contributed by atoms with Crippen molar-refractivity contribution in [3.63, 3.8) is 0 Å². The molecule has 3 N–H and O–H groups in total. The van der Waals surface area contributed by atoms with Gasteiger partial charge in [0.15, 0.2) is 11.6 Å². The number of thiophene rings is 1. The summed E-state index contributed by atoms with van der Waals surface area (Å²) < 4.78 is 7.03. The van der Waals surface area contributed by atoms with Gasteiger partial charge in [-0.2, -0.15) is 5.10 Å². The Bertz CT molecular complexity index is 1670. The number of benzene rings is 1. The molecule has 198 valence electrons. The second kappa shape index (κ2) is 9.52. The van der Waals surface area contributed by atoms with E-state index in [1.165, 1.54) is 12.4 Å². The Kier molecular flexibility index (Phi) is 5.83. The van der Waals surface area contributed by atoms with Crippen LogP contribution in [0.2, 0.25) is 0 Å². The number of hydrogen-bond acceptors (Lipinski definition) is 11. The largest absolute Gasteiger partial charge is 0.376 e. The van der Waals surface area contributed by atoms with Crippen LogP contribution in [0.15, 0.2) is 42.9 Å². The van der Waals surface area contributed by atoms with Gasteiger partial charge < -0.3 is 14.5 Å². The summed E-state index contributed by atoms with van der Waals surface area (Å²) in [6.45, 7) is 3.07. The molecule has 2 fully saturated rings. The van der Waals surface area contributed by atoms with Crippen LogP contribution < -0.4 is 15.3 Å². The lowest BCUT2D eigenvalue weighted by atomic mass is 10.0. The molecule has 39 heavy (non-hydrogen) atoms. The number of piperidine rings is 1. The fourth-order valence-electron chi connectivity index (χ4n) is 5.38. The first-order chi connectivity index (χ1) is 19.1. The number of fused-ring (bicyclic) bond motifs is 4. The van der Waals surface area contributed by atoms with Crippen LogP contribution in [0.3, 0.4) is 0 Å². The molecule has 13 heteroatoms. The summed E-state index contributed by atoms with van der Waals surface area (Å²) >= 11 is 1.66. The molecular formula is C26H25N9O3S. The lowest BCUT2D eigenvalue weighted by Crippen LogP contribution is -2.39. The van der Waals surface area contributed by atoms with Crippen LogP contribution in [0.4, 0.5) is 11.8 Å². The van der Waals surface area contributed by atoms with Gasteiger partial charge in [0.05, 0.1) is 46.7 Å². The Morgan fingerprint density at radius 2 is 2.13 bits per heavy atom. The second-order valence-corrected chi connectivity index (χ2v) is 11.1. The van der Waals surface area contributed by atoms with Gasteiger partial charge in [0.25, 0.3) is 5.91 Å². The number of nitrogens with zero attached hydrogens (tertiary/aromatic N) is 7. The standard InChI is InChI=1S/C26H25N9O3S/c1-34(26-27-7-15(8-28-26)25(36)33-37)12-17-6-21-22(39-17)24(35-10-14-5-16(11-35)38-13-14)31-23(30-21)18-3-2-4-20-19(18)9-29-32-20/h2-4,6-9,14,16,37H,5,10-13H2,1H3,(H,29,32)(H,33,36). The number of rotatable bonds is 6. The molecule has 0 aliphatic carbocycles. The summed E-state index contributed by atoms with van der Waals surface area (Å²) in [4.78, 5) is 35.6. The molecule has 2 aliphatic rings. The molecule has 2 atom stereocenters. The molecule has 12 nitrogen and oxygen atoms in total. The van der Waals surface area contributed by atoms with Crippen LogP contribution in [0.25, 0.3) is 32.5 Å². The quantitative estimate of drug-likeness (QED) is 0.216. The van der Waals surface area contributed by atoms with Crippen molar-refractivity contribution in [1.29, 1.82) is 0 Å². The predicted octanol–water partition coefficient (Wildman–Crippen LogP) is 3.01. The summed E-state index contributed by atoms with van der Waals surface area (Å²) in [5.74, 6) is 1.92. The normalized spacial score (nSPS) is 18.7. The zero-order chi connectivity index (χ0) is 26.5. The van der Waals surface area contributed by atoms with Crippen molar-refractivity contribution in [2.24, 2.45) is 5.92 Å². The number of H-pyrrole nitrogens is 1. The number of carbonyl (C=O) groups excluding carboxylic acids is 1. The van der Waals surface area contributed by atoms with Gasteiger partial charge in [-0.05, 0) is 18.6 Å². The molecule has 1 aromatic carbocycles. The summed E-state index contributed by atoms with van der Waals surface area (Å²) in [5.41, 5.74) is 4.53. The third kappa shape index (κ3) is 4.33. The zero-order valence-corrected chi connectivity index (χ0v) is 21.9. The highest BCUT2D eigenvalue weighted by molar-refractivity contribution is 7.19. The summed E-state index contributed by atoms with van der Waals surface area (Å²) in [5, 5.41) is 17.1. The SMILES string of the molecule is CN(Cc1cc2nc(-c3cccc4[nH]ncc34)nc(N3CC4COC(C4)C3)c2s1)c1ncc(C(=O)NO)cn1. The van der Waals surface area contributed by atoms with Crippen LogP contribution in [-0.4, -0.2) is 74.1 Å². The molecule has 0 radical (unpaired) electrons. The van der Waals surface area contributed by atoms with Gasteiger partial charge >= 0.3 is 0 Å². The van der Waals surface area contributed by atoms with Gasteiger partial charge in [-0.25, -0.2) is 25.4 Å². The van der Waals surface area contributed by atoms with Crippen LogP contribution in [0, 0.1) is 5.92 Å². The van der Waals surface area contributed by atoms with Crippen molar-refractivity contribution in [2.75, 3.05) is 36.5 Å². The minimum Gasteiger partial charge on any atom is -0.376 e. The molecule has 7 rings (SSSR count). The lowest BCUT2D eigenvalue weighted by molar-refractivity contribution is 0.0705. The van der Waals surface area contributed by atoms with Crippen LogP contribution in [0.5, 0.6) is 0 Å². The van der Waals surface area contributed by atoms with Crippen LogP contribution in [-0.2, 0) is 11.3 Å². The van der Waals surface area contributed by atoms with Crippen molar-refractivity contribution in [2.45, 2.75) is 19.1 Å². The van der Waals surface area contributed by atoms with E-state index >= 15 is 0 Å². The molecule has 5 aromatic rings. The van der Waals surface area contributed by atoms with Gasteiger partial charge in [0.1, 0.15) is 0 Å². The van der Waals surface area contributed by atoms with E-state index < -0.39 is 5.91 Å². The summed E-state index contributed by atoms with van der Waals surface area (Å²) in [6, 6.07) is 8.12. The molecule has 1 amide bonds. The first-order valence-corrected chi connectivity index (χ1v) is 13.4. The smallest absolute Gasteiger partial charge is 0.277 e. The highest BCUT2D eigenvalue weighted by Crippen LogP contribution is 2.38. The lowest BCUT2D eigenvalue weighted by Gasteiger charge is -2.31. The van der Waals surface area contributed by atoms with Crippen molar-refractivity contribution in [1.82, 2.24) is 35.6 Å². The number of ether oxygens (including phenoxy) is 1. The van der Waals surface area contributed by atoms with E-state index in [1.807, 2.05) is 36.3 Å². The van der Waals surface area contributed by atoms with Gasteiger partial charge in [0, 0.05) is 54.3 Å². The first kappa shape index (κ1) is 23.9. The first-order valence-electron chi connectivity index (χ1n) is 12.6. The Balaban J connectivity index is 1.27. The average Bonchev–Trinajstić information content (AvgIpc) is 3.69. The third-order valence-corrected chi connectivity index (χ3v) is 8.34. The van der Waals surface area contributed by atoms with E-state index in [0.717, 1.165) is 63.5 Å². The Morgan fingerprint density at radius 1 is 1.26 bits per heavy atom. The predicted molar refractivity (Wildman–Crippen MR) is 146 cm³/mol. The van der Waals surface area contributed by atoms with Gasteiger partial charge in [0.2, 0.25) is 5.95 Å². The second-order valence-electron chi connectivity index (χ2n) is 9.97.